The zero-order valence-electron chi connectivity index (χ0n) is 11.4. The lowest BCUT2D eigenvalue weighted by atomic mass is 10.1. The van der Waals surface area contributed by atoms with Gasteiger partial charge in [0.25, 0.3) is 0 Å². The van der Waals surface area contributed by atoms with Crippen LogP contribution < -0.4 is 0 Å². The van der Waals surface area contributed by atoms with Crippen molar-refractivity contribution < 1.29 is 9.84 Å². The van der Waals surface area contributed by atoms with E-state index >= 15 is 0 Å². The van der Waals surface area contributed by atoms with Gasteiger partial charge in [0.05, 0.1) is 12.7 Å². The van der Waals surface area contributed by atoms with E-state index in [0.29, 0.717) is 12.5 Å². The van der Waals surface area contributed by atoms with E-state index in [4.69, 9.17) is 9.84 Å². The molecule has 1 atom stereocenters. The van der Waals surface area contributed by atoms with Gasteiger partial charge in [-0.2, -0.15) is 0 Å². The summed E-state index contributed by atoms with van der Waals surface area (Å²) < 4.78 is 5.83. The molecule has 0 radical (unpaired) electrons. The quantitative estimate of drug-likeness (QED) is 0.809. The Bertz CT molecular complexity index is 413. The van der Waals surface area contributed by atoms with Gasteiger partial charge >= 0.3 is 0 Å². The molecular formula is C16H22O2. The smallest absolute Gasteiger partial charge is 0.104 e. The van der Waals surface area contributed by atoms with E-state index in [0.717, 1.165) is 17.5 Å². The van der Waals surface area contributed by atoms with Crippen molar-refractivity contribution in [2.45, 2.75) is 39.9 Å². The first kappa shape index (κ1) is 14.8. The maximum absolute atomic E-state index is 8.73. The van der Waals surface area contributed by atoms with Gasteiger partial charge in [-0.3, -0.25) is 0 Å². The Hall–Kier alpha value is -1.30. The number of rotatable bonds is 5. The summed E-state index contributed by atoms with van der Waals surface area (Å²) in [5.41, 5.74) is 2.01. The molecule has 0 saturated heterocycles. The summed E-state index contributed by atoms with van der Waals surface area (Å²) in [5.74, 6) is 6.27. The molecule has 1 N–H and O–H groups in total. The molecule has 2 heteroatoms. The Kier molecular flexibility index (Phi) is 6.49. The third kappa shape index (κ3) is 5.35. The SMILES string of the molecule is CC(C)CC(C)OCc1ccccc1C#CCO. The van der Waals surface area contributed by atoms with Gasteiger partial charge in [0, 0.05) is 5.56 Å². The van der Waals surface area contributed by atoms with Gasteiger partial charge in [-0.1, -0.05) is 43.9 Å². The molecule has 0 aromatic heterocycles. The van der Waals surface area contributed by atoms with Gasteiger partial charge < -0.3 is 9.84 Å². The Morgan fingerprint density at radius 1 is 1.22 bits per heavy atom. The Morgan fingerprint density at radius 3 is 2.61 bits per heavy atom. The Balaban J connectivity index is 2.61. The average molecular weight is 246 g/mol. The third-order valence-electron chi connectivity index (χ3n) is 2.65. The molecule has 0 aliphatic carbocycles. The van der Waals surface area contributed by atoms with Gasteiger partial charge in [0.2, 0.25) is 0 Å². The maximum Gasteiger partial charge on any atom is 0.104 e. The number of ether oxygens (including phenoxy) is 1. The predicted octanol–water partition coefficient (Wildman–Crippen LogP) is 2.98. The van der Waals surface area contributed by atoms with E-state index in [1.54, 1.807) is 0 Å². The number of aliphatic hydroxyl groups is 1. The molecule has 1 aromatic rings. The van der Waals surface area contributed by atoms with Crippen molar-refractivity contribution in [3.05, 3.63) is 35.4 Å². The largest absolute Gasteiger partial charge is 0.384 e. The van der Waals surface area contributed by atoms with E-state index in [1.165, 1.54) is 0 Å². The lowest BCUT2D eigenvalue weighted by Gasteiger charge is -2.15. The minimum Gasteiger partial charge on any atom is -0.384 e. The maximum atomic E-state index is 8.73. The highest BCUT2D eigenvalue weighted by atomic mass is 16.5. The standard InChI is InChI=1S/C16H22O2/c1-13(2)11-14(3)18-12-16-8-5-4-7-15(16)9-6-10-17/h4-5,7-8,13-14,17H,10-12H2,1-3H3. The molecule has 18 heavy (non-hydrogen) atoms. The zero-order chi connectivity index (χ0) is 13.4. The highest BCUT2D eigenvalue weighted by Crippen LogP contribution is 2.13. The topological polar surface area (TPSA) is 29.5 Å². The van der Waals surface area contributed by atoms with Crippen LogP contribution in [0.4, 0.5) is 0 Å². The molecule has 0 saturated carbocycles. The molecule has 98 valence electrons. The molecule has 0 spiro atoms. The first-order valence-corrected chi connectivity index (χ1v) is 6.42. The fraction of sp³-hybridized carbons (Fsp3) is 0.500. The van der Waals surface area contributed by atoms with Crippen LogP contribution >= 0.6 is 0 Å². The van der Waals surface area contributed by atoms with E-state index in [2.05, 4.69) is 32.6 Å². The number of aliphatic hydroxyl groups excluding tert-OH is 1. The van der Waals surface area contributed by atoms with E-state index in [1.807, 2.05) is 24.3 Å². The van der Waals surface area contributed by atoms with Crippen LogP contribution in [0.2, 0.25) is 0 Å². The van der Waals surface area contributed by atoms with Crippen LogP contribution in [0.3, 0.4) is 0 Å². The number of hydrogen-bond donors (Lipinski definition) is 1. The molecule has 0 fully saturated rings. The second kappa shape index (κ2) is 7.92. The van der Waals surface area contributed by atoms with Crippen molar-refractivity contribution in [1.82, 2.24) is 0 Å². The molecule has 0 amide bonds. The summed E-state index contributed by atoms with van der Waals surface area (Å²) in [4.78, 5) is 0. The van der Waals surface area contributed by atoms with Gasteiger partial charge in [-0.05, 0) is 30.9 Å². The summed E-state index contributed by atoms with van der Waals surface area (Å²) >= 11 is 0. The average Bonchev–Trinajstić information content (AvgIpc) is 2.34. The first-order chi connectivity index (χ1) is 8.63. The van der Waals surface area contributed by atoms with Crippen molar-refractivity contribution in [2.24, 2.45) is 5.92 Å². The van der Waals surface area contributed by atoms with Gasteiger partial charge in [-0.15, -0.1) is 0 Å². The number of hydrogen-bond acceptors (Lipinski definition) is 2. The Morgan fingerprint density at radius 2 is 1.94 bits per heavy atom. The Labute approximate surface area is 110 Å². The van der Waals surface area contributed by atoms with E-state index in [-0.39, 0.29) is 12.7 Å². The number of benzene rings is 1. The fourth-order valence-electron chi connectivity index (χ4n) is 1.87. The lowest BCUT2D eigenvalue weighted by Crippen LogP contribution is -2.11. The van der Waals surface area contributed by atoms with Crippen LogP contribution in [0.25, 0.3) is 0 Å². The molecule has 0 heterocycles. The van der Waals surface area contributed by atoms with E-state index < -0.39 is 0 Å². The molecule has 1 aromatic carbocycles. The second-order valence-corrected chi connectivity index (χ2v) is 4.87. The molecular weight excluding hydrogens is 224 g/mol. The van der Waals surface area contributed by atoms with Crippen LogP contribution in [-0.4, -0.2) is 17.8 Å². The zero-order valence-corrected chi connectivity index (χ0v) is 11.4. The lowest BCUT2D eigenvalue weighted by molar-refractivity contribution is 0.0396. The molecule has 1 unspecified atom stereocenters. The van der Waals surface area contributed by atoms with Crippen LogP contribution in [0.1, 0.15) is 38.3 Å². The molecule has 0 bridgehead atoms. The van der Waals surface area contributed by atoms with Crippen LogP contribution in [-0.2, 0) is 11.3 Å². The summed E-state index contributed by atoms with van der Waals surface area (Å²) in [6, 6.07) is 7.90. The van der Waals surface area contributed by atoms with Gasteiger partial charge in [0.1, 0.15) is 6.61 Å². The van der Waals surface area contributed by atoms with Crippen molar-refractivity contribution in [3.8, 4) is 11.8 Å². The van der Waals surface area contributed by atoms with Gasteiger partial charge in [0.15, 0.2) is 0 Å². The van der Waals surface area contributed by atoms with Crippen molar-refractivity contribution in [2.75, 3.05) is 6.61 Å². The summed E-state index contributed by atoms with van der Waals surface area (Å²) in [5, 5.41) is 8.73. The predicted molar refractivity (Wildman–Crippen MR) is 74.1 cm³/mol. The molecule has 1 rings (SSSR count). The summed E-state index contributed by atoms with van der Waals surface area (Å²) in [6.45, 7) is 6.95. The molecule has 2 nitrogen and oxygen atoms in total. The highest BCUT2D eigenvalue weighted by Gasteiger charge is 2.06. The minimum absolute atomic E-state index is 0.112. The first-order valence-electron chi connectivity index (χ1n) is 6.42. The van der Waals surface area contributed by atoms with E-state index in [9.17, 15) is 0 Å². The second-order valence-electron chi connectivity index (χ2n) is 4.87. The van der Waals surface area contributed by atoms with Crippen molar-refractivity contribution in [3.63, 3.8) is 0 Å². The van der Waals surface area contributed by atoms with Crippen LogP contribution in [0.5, 0.6) is 0 Å². The van der Waals surface area contributed by atoms with Crippen molar-refractivity contribution in [1.29, 1.82) is 0 Å². The van der Waals surface area contributed by atoms with Crippen LogP contribution in [0, 0.1) is 17.8 Å². The fourth-order valence-corrected chi connectivity index (χ4v) is 1.87. The molecule has 0 aliphatic heterocycles. The van der Waals surface area contributed by atoms with Crippen molar-refractivity contribution >= 4 is 0 Å². The summed E-state index contributed by atoms with van der Waals surface area (Å²) in [6.07, 6.45) is 1.31. The monoisotopic (exact) mass is 246 g/mol. The molecule has 0 aliphatic rings. The third-order valence-corrected chi connectivity index (χ3v) is 2.65. The minimum atomic E-state index is -0.112. The van der Waals surface area contributed by atoms with Crippen LogP contribution in [0.15, 0.2) is 24.3 Å². The van der Waals surface area contributed by atoms with Gasteiger partial charge in [-0.25, -0.2) is 0 Å². The highest BCUT2D eigenvalue weighted by molar-refractivity contribution is 5.40. The summed E-state index contributed by atoms with van der Waals surface area (Å²) in [7, 11) is 0. The normalized spacial score (nSPS) is 12.1.